The van der Waals surface area contributed by atoms with E-state index < -0.39 is 0 Å². The van der Waals surface area contributed by atoms with Gasteiger partial charge in [0.15, 0.2) is 11.5 Å². The van der Waals surface area contributed by atoms with Crippen LogP contribution in [0.3, 0.4) is 0 Å². The number of ether oxygens (including phenoxy) is 2. The molecular weight excluding hydrogens is 494 g/mol. The fourth-order valence-electron chi connectivity index (χ4n) is 3.32. The molecule has 0 saturated heterocycles. The first kappa shape index (κ1) is 37.3. The molecule has 0 unspecified atom stereocenters. The maximum absolute atomic E-state index is 12.1. The average Bonchev–Trinajstić information content (AvgIpc) is 3.00. The summed E-state index contributed by atoms with van der Waals surface area (Å²) in [7, 11) is 3.15. The first-order chi connectivity index (χ1) is 19.0. The first-order valence-electron chi connectivity index (χ1n) is 13.7. The number of carbonyl (C=O) groups excluding carboxylic acids is 1. The van der Waals surface area contributed by atoms with E-state index in [1.165, 1.54) is 0 Å². The van der Waals surface area contributed by atoms with Crippen molar-refractivity contribution in [1.82, 2.24) is 14.9 Å². The van der Waals surface area contributed by atoms with Gasteiger partial charge in [0.2, 0.25) is 12.2 Å². The highest BCUT2D eigenvalue weighted by molar-refractivity contribution is 5.50. The zero-order valence-electron chi connectivity index (χ0n) is 25.5. The zero-order chi connectivity index (χ0) is 30.2. The van der Waals surface area contributed by atoms with Crippen LogP contribution >= 0.6 is 0 Å². The van der Waals surface area contributed by atoms with Gasteiger partial charge in [-0.05, 0) is 25.0 Å². The molecule has 3 rings (SSSR count). The van der Waals surface area contributed by atoms with Crippen molar-refractivity contribution in [1.29, 1.82) is 0 Å². The number of benzene rings is 2. The van der Waals surface area contributed by atoms with E-state index in [0.717, 1.165) is 17.5 Å². The third-order valence-electron chi connectivity index (χ3n) is 4.91. The van der Waals surface area contributed by atoms with E-state index in [4.69, 9.17) is 9.47 Å². The van der Waals surface area contributed by atoms with Crippen LogP contribution in [0.4, 0.5) is 0 Å². The molecule has 0 saturated carbocycles. The van der Waals surface area contributed by atoms with Gasteiger partial charge in [0, 0.05) is 25.1 Å². The molecule has 218 valence electrons. The molecule has 0 atom stereocenters. The number of hydrogen-bond donors (Lipinski definition) is 2. The molecule has 8 heteroatoms. The number of aromatic hydroxyl groups is 1. The topological polar surface area (TPSA) is 103 Å². The minimum absolute atomic E-state index is 0.245. The average molecular weight is 544 g/mol. The molecule has 0 aliphatic rings. The smallest absolute Gasteiger partial charge is 0.295 e. The Morgan fingerprint density at radius 2 is 1.56 bits per heavy atom. The Kier molecular flexibility index (Phi) is 22.3. The second-order valence-corrected chi connectivity index (χ2v) is 7.23. The Labute approximate surface area is 235 Å². The van der Waals surface area contributed by atoms with Crippen molar-refractivity contribution < 1.29 is 19.4 Å². The summed E-state index contributed by atoms with van der Waals surface area (Å²) in [6.45, 7) is 16.7. The van der Waals surface area contributed by atoms with Crippen LogP contribution in [0.1, 0.15) is 77.5 Å². The van der Waals surface area contributed by atoms with E-state index in [0.29, 0.717) is 48.9 Å². The molecule has 1 aromatic heterocycles. The second kappa shape index (κ2) is 23.3. The predicted molar refractivity (Wildman–Crippen MR) is 161 cm³/mol. The third kappa shape index (κ3) is 12.5. The number of methoxy groups -OCH3 is 2. The minimum atomic E-state index is -0.347. The molecule has 0 spiro atoms. The van der Waals surface area contributed by atoms with Gasteiger partial charge >= 0.3 is 0 Å². The first-order valence-corrected chi connectivity index (χ1v) is 13.7. The maximum atomic E-state index is 12.1. The zero-order valence-corrected chi connectivity index (χ0v) is 25.5. The fourth-order valence-corrected chi connectivity index (χ4v) is 3.32. The van der Waals surface area contributed by atoms with Crippen molar-refractivity contribution in [2.75, 3.05) is 14.2 Å². The van der Waals surface area contributed by atoms with Crippen molar-refractivity contribution >= 4 is 6.41 Å². The molecule has 3 aromatic rings. The van der Waals surface area contributed by atoms with Gasteiger partial charge < -0.3 is 19.9 Å². The summed E-state index contributed by atoms with van der Waals surface area (Å²) < 4.78 is 11.9. The number of rotatable bonds is 9. The van der Waals surface area contributed by atoms with Crippen LogP contribution in [-0.4, -0.2) is 35.3 Å². The molecule has 0 fully saturated rings. The van der Waals surface area contributed by atoms with Crippen molar-refractivity contribution in [3.63, 3.8) is 0 Å². The van der Waals surface area contributed by atoms with E-state index >= 15 is 0 Å². The SMILES string of the molecule is CC.CC.CC.CCCn1c(Cc2ccccc2)nc(C)c(O)c1=O.COc1cccc(CNC=O)c1OC. The second-order valence-electron chi connectivity index (χ2n) is 7.23. The number of nitrogens with zero attached hydrogens (tertiary/aromatic N) is 2. The van der Waals surface area contributed by atoms with Crippen molar-refractivity contribution in [2.24, 2.45) is 0 Å². The highest BCUT2D eigenvalue weighted by Crippen LogP contribution is 2.30. The van der Waals surface area contributed by atoms with E-state index in [1.807, 2.05) is 97.0 Å². The van der Waals surface area contributed by atoms with Gasteiger partial charge in [-0.1, -0.05) is 90.9 Å². The van der Waals surface area contributed by atoms with E-state index in [1.54, 1.807) is 25.7 Å². The van der Waals surface area contributed by atoms with Crippen molar-refractivity contribution in [2.45, 2.75) is 81.3 Å². The van der Waals surface area contributed by atoms with Gasteiger partial charge in [-0.3, -0.25) is 14.2 Å². The Morgan fingerprint density at radius 1 is 0.949 bits per heavy atom. The number of aromatic nitrogens is 2. The van der Waals surface area contributed by atoms with Gasteiger partial charge in [-0.25, -0.2) is 4.98 Å². The van der Waals surface area contributed by atoms with E-state index in [2.05, 4.69) is 10.3 Å². The molecule has 0 aliphatic carbocycles. The molecule has 0 radical (unpaired) electrons. The lowest BCUT2D eigenvalue weighted by atomic mass is 10.1. The number of carbonyl (C=O) groups is 1. The van der Waals surface area contributed by atoms with Crippen molar-refractivity contribution in [3.8, 4) is 17.2 Å². The van der Waals surface area contributed by atoms with Crippen LogP contribution in [0.5, 0.6) is 17.2 Å². The number of aryl methyl sites for hydroxylation is 1. The Hall–Kier alpha value is -3.81. The fraction of sp³-hybridized carbons (Fsp3) is 0.452. The summed E-state index contributed by atoms with van der Waals surface area (Å²) in [6, 6.07) is 15.4. The van der Waals surface area contributed by atoms with Gasteiger partial charge in [-0.15, -0.1) is 0 Å². The number of amides is 1. The summed E-state index contributed by atoms with van der Waals surface area (Å²) in [5, 5.41) is 12.3. The monoisotopic (exact) mass is 543 g/mol. The van der Waals surface area contributed by atoms with Crippen LogP contribution in [-0.2, 0) is 24.3 Å². The number of nitrogens with one attached hydrogen (secondary N) is 1. The quantitative estimate of drug-likeness (QED) is 0.308. The predicted octanol–water partition coefficient (Wildman–Crippen LogP) is 6.29. The van der Waals surface area contributed by atoms with Gasteiger partial charge in [-0.2, -0.15) is 0 Å². The number of hydrogen-bond acceptors (Lipinski definition) is 6. The van der Waals surface area contributed by atoms with Crippen LogP contribution in [0.25, 0.3) is 0 Å². The summed E-state index contributed by atoms with van der Waals surface area (Å²) >= 11 is 0. The highest BCUT2D eigenvalue weighted by Gasteiger charge is 2.13. The molecule has 1 amide bonds. The maximum Gasteiger partial charge on any atom is 0.295 e. The van der Waals surface area contributed by atoms with Gasteiger partial charge in [0.25, 0.3) is 5.56 Å². The number of para-hydroxylation sites is 1. The summed E-state index contributed by atoms with van der Waals surface area (Å²) in [5.41, 5.74) is 2.03. The van der Waals surface area contributed by atoms with Gasteiger partial charge in [0.05, 0.1) is 19.9 Å². The van der Waals surface area contributed by atoms with Crippen LogP contribution in [0.15, 0.2) is 53.3 Å². The molecular formula is C31H49N3O5. The molecule has 39 heavy (non-hydrogen) atoms. The molecule has 2 aromatic carbocycles. The molecule has 1 heterocycles. The summed E-state index contributed by atoms with van der Waals surface area (Å²) in [5.74, 6) is 1.78. The Morgan fingerprint density at radius 3 is 2.08 bits per heavy atom. The Balaban J connectivity index is 0. The van der Waals surface area contributed by atoms with Crippen LogP contribution < -0.4 is 20.3 Å². The normalized spacial score (nSPS) is 8.97. The molecule has 8 nitrogen and oxygen atoms in total. The lowest BCUT2D eigenvalue weighted by Gasteiger charge is -2.13. The van der Waals surface area contributed by atoms with Crippen LogP contribution in [0.2, 0.25) is 0 Å². The van der Waals surface area contributed by atoms with E-state index in [-0.39, 0.29) is 11.3 Å². The lowest BCUT2D eigenvalue weighted by Crippen LogP contribution is -2.26. The largest absolute Gasteiger partial charge is 0.502 e. The van der Waals surface area contributed by atoms with Crippen LogP contribution in [0, 0.1) is 6.92 Å². The summed E-state index contributed by atoms with van der Waals surface area (Å²) in [6.07, 6.45) is 2.07. The van der Waals surface area contributed by atoms with Crippen molar-refractivity contribution in [3.05, 3.63) is 81.5 Å². The highest BCUT2D eigenvalue weighted by atomic mass is 16.5. The molecule has 2 N–H and O–H groups in total. The summed E-state index contributed by atoms with van der Waals surface area (Å²) in [4.78, 5) is 26.6. The minimum Gasteiger partial charge on any atom is -0.502 e. The van der Waals surface area contributed by atoms with Gasteiger partial charge in [0.1, 0.15) is 5.82 Å². The third-order valence-corrected chi connectivity index (χ3v) is 4.91. The Bertz CT molecular complexity index is 1100. The molecule has 0 aliphatic heterocycles. The standard InChI is InChI=1S/C15H18N2O2.C10H13NO3.3C2H6/c1-3-9-17-13(10-12-7-5-4-6-8-12)16-11(2)14(18)15(17)19;1-13-9-5-3-4-8(6-11-7-12)10(9)14-2;3*1-2/h4-8,18H,3,9-10H2,1-2H3;3-5,7H,6H2,1-2H3,(H,11,12);3*1-2H3. The lowest BCUT2D eigenvalue weighted by molar-refractivity contribution is -0.109. The van der Waals surface area contributed by atoms with E-state index in [9.17, 15) is 14.7 Å². The molecule has 0 bridgehead atoms.